The summed E-state index contributed by atoms with van der Waals surface area (Å²) in [6.45, 7) is 2.95. The summed E-state index contributed by atoms with van der Waals surface area (Å²) < 4.78 is 2.80. The largest absolute Gasteiger partial charge is 0.282 e. The zero-order valence-corrected chi connectivity index (χ0v) is 14.7. The predicted octanol–water partition coefficient (Wildman–Crippen LogP) is 4.91. The summed E-state index contributed by atoms with van der Waals surface area (Å²) in [4.78, 5) is 11.9. The molecule has 0 spiro atoms. The van der Waals surface area contributed by atoms with E-state index in [4.69, 9.17) is 0 Å². The van der Waals surface area contributed by atoms with Gasteiger partial charge in [0.15, 0.2) is 0 Å². The molecule has 0 bridgehead atoms. The highest BCUT2D eigenvalue weighted by molar-refractivity contribution is 9.13. The number of hydrogen-bond acceptors (Lipinski definition) is 2. The van der Waals surface area contributed by atoms with E-state index >= 15 is 0 Å². The average molecular weight is 394 g/mol. The Labute approximate surface area is 132 Å². The van der Waals surface area contributed by atoms with Crippen molar-refractivity contribution >= 4 is 31.9 Å². The van der Waals surface area contributed by atoms with Gasteiger partial charge in [0.2, 0.25) is 0 Å². The van der Waals surface area contributed by atoms with Crippen LogP contribution in [0.3, 0.4) is 0 Å². The molecule has 5 heteroatoms. The summed E-state index contributed by atoms with van der Waals surface area (Å²) in [5.41, 5.74) is -0.0580. The summed E-state index contributed by atoms with van der Waals surface area (Å²) in [7, 11) is 0. The summed E-state index contributed by atoms with van der Waals surface area (Å²) in [6, 6.07) is 0. The molecule has 0 fully saturated rings. The number of nitrogens with zero attached hydrogens (tertiary/aromatic N) is 2. The molecule has 0 saturated carbocycles. The fourth-order valence-electron chi connectivity index (χ4n) is 2.00. The van der Waals surface area contributed by atoms with Gasteiger partial charge in [0.05, 0.1) is 10.7 Å². The number of unbranched alkanes of at least 4 members (excludes halogenated alkanes) is 7. The first-order chi connectivity index (χ1) is 9.16. The van der Waals surface area contributed by atoms with Gasteiger partial charge in [-0.15, -0.1) is 0 Å². The van der Waals surface area contributed by atoms with Crippen LogP contribution in [0.2, 0.25) is 0 Å². The summed E-state index contributed by atoms with van der Waals surface area (Å²) >= 11 is 6.55. The second-order valence-electron chi connectivity index (χ2n) is 4.81. The average Bonchev–Trinajstić information content (AvgIpc) is 2.41. The fourth-order valence-corrected chi connectivity index (χ4v) is 2.57. The zero-order chi connectivity index (χ0) is 14.1. The first kappa shape index (κ1) is 16.9. The molecular weight excluding hydrogens is 372 g/mol. The van der Waals surface area contributed by atoms with Crippen LogP contribution >= 0.6 is 31.9 Å². The van der Waals surface area contributed by atoms with Crippen LogP contribution in [0, 0.1) is 0 Å². The molecule has 108 valence electrons. The summed E-state index contributed by atoms with van der Waals surface area (Å²) in [6.07, 6.45) is 11.8. The van der Waals surface area contributed by atoms with Gasteiger partial charge < -0.3 is 0 Å². The highest BCUT2D eigenvalue weighted by Gasteiger charge is 2.05. The van der Waals surface area contributed by atoms with Crippen LogP contribution in [0.1, 0.15) is 58.3 Å². The Bertz CT molecular complexity index is 432. The second kappa shape index (κ2) is 9.70. The van der Waals surface area contributed by atoms with E-state index in [0.29, 0.717) is 15.5 Å². The molecule has 0 atom stereocenters. The van der Waals surface area contributed by atoms with Crippen LogP contribution in [-0.4, -0.2) is 9.78 Å². The maximum atomic E-state index is 11.9. The molecule has 0 saturated heterocycles. The molecule has 1 rings (SSSR count). The van der Waals surface area contributed by atoms with Gasteiger partial charge in [-0.1, -0.05) is 51.9 Å². The minimum atomic E-state index is -0.0580. The molecule has 0 aliphatic rings. The fraction of sp³-hybridized carbons (Fsp3) is 0.714. The zero-order valence-electron chi connectivity index (χ0n) is 11.5. The van der Waals surface area contributed by atoms with E-state index in [2.05, 4.69) is 43.9 Å². The Hall–Kier alpha value is -0.160. The van der Waals surface area contributed by atoms with Gasteiger partial charge in [-0.3, -0.25) is 4.79 Å². The SMILES string of the molecule is CCCCCCCCCCn1ncc(Br)c(Br)c1=O. The number of rotatable bonds is 9. The molecule has 1 aromatic heterocycles. The third kappa shape index (κ3) is 6.21. The number of hydrogen-bond donors (Lipinski definition) is 0. The van der Waals surface area contributed by atoms with Crippen molar-refractivity contribution in [3.63, 3.8) is 0 Å². The van der Waals surface area contributed by atoms with E-state index in [1.807, 2.05) is 0 Å². The molecule has 0 unspecified atom stereocenters. The molecule has 0 aliphatic heterocycles. The van der Waals surface area contributed by atoms with E-state index in [1.54, 1.807) is 6.20 Å². The van der Waals surface area contributed by atoms with Gasteiger partial charge in [0.25, 0.3) is 5.56 Å². The van der Waals surface area contributed by atoms with Crippen molar-refractivity contribution in [2.24, 2.45) is 0 Å². The minimum Gasteiger partial charge on any atom is -0.266 e. The van der Waals surface area contributed by atoms with Crippen LogP contribution < -0.4 is 5.56 Å². The molecule has 3 nitrogen and oxygen atoms in total. The van der Waals surface area contributed by atoms with Crippen molar-refractivity contribution < 1.29 is 0 Å². The Morgan fingerprint density at radius 2 is 1.63 bits per heavy atom. The standard InChI is InChI=1S/C14H22Br2N2O/c1-2-3-4-5-6-7-8-9-10-18-14(19)13(16)12(15)11-17-18/h11H,2-10H2,1H3. The summed E-state index contributed by atoms with van der Waals surface area (Å²) in [5.74, 6) is 0. The predicted molar refractivity (Wildman–Crippen MR) is 86.5 cm³/mol. The molecule has 0 aliphatic carbocycles. The molecule has 1 aromatic rings. The van der Waals surface area contributed by atoms with Crippen molar-refractivity contribution in [3.8, 4) is 0 Å². The molecule has 0 aromatic carbocycles. The first-order valence-electron chi connectivity index (χ1n) is 7.08. The molecule has 19 heavy (non-hydrogen) atoms. The lowest BCUT2D eigenvalue weighted by Crippen LogP contribution is -2.23. The van der Waals surface area contributed by atoms with Crippen molar-refractivity contribution in [1.82, 2.24) is 9.78 Å². The number of aromatic nitrogens is 2. The van der Waals surface area contributed by atoms with Crippen molar-refractivity contribution in [3.05, 3.63) is 25.5 Å². The lowest BCUT2D eigenvalue weighted by Gasteiger charge is -2.05. The lowest BCUT2D eigenvalue weighted by atomic mass is 10.1. The maximum Gasteiger partial charge on any atom is 0.282 e. The van der Waals surface area contributed by atoms with E-state index in [1.165, 1.54) is 49.6 Å². The molecule has 0 radical (unpaired) electrons. The Morgan fingerprint density at radius 1 is 1.05 bits per heavy atom. The summed E-state index contributed by atoms with van der Waals surface area (Å²) in [5, 5.41) is 4.12. The van der Waals surface area contributed by atoms with Crippen molar-refractivity contribution in [2.75, 3.05) is 0 Å². The van der Waals surface area contributed by atoms with Crippen molar-refractivity contribution in [1.29, 1.82) is 0 Å². The van der Waals surface area contributed by atoms with Gasteiger partial charge in [0.1, 0.15) is 4.47 Å². The van der Waals surface area contributed by atoms with Gasteiger partial charge in [0, 0.05) is 6.54 Å². The third-order valence-corrected chi connectivity index (χ3v) is 5.07. The van der Waals surface area contributed by atoms with E-state index in [-0.39, 0.29) is 5.56 Å². The molecule has 1 heterocycles. The smallest absolute Gasteiger partial charge is 0.266 e. The third-order valence-electron chi connectivity index (χ3n) is 3.17. The Balaban J connectivity index is 2.20. The molecular formula is C14H22Br2N2O. The Kier molecular flexibility index (Phi) is 8.62. The highest BCUT2D eigenvalue weighted by Crippen LogP contribution is 2.16. The topological polar surface area (TPSA) is 34.9 Å². The van der Waals surface area contributed by atoms with Gasteiger partial charge in [-0.2, -0.15) is 5.10 Å². The van der Waals surface area contributed by atoms with Gasteiger partial charge >= 0.3 is 0 Å². The first-order valence-corrected chi connectivity index (χ1v) is 8.66. The van der Waals surface area contributed by atoms with Crippen LogP contribution in [-0.2, 0) is 6.54 Å². The van der Waals surface area contributed by atoms with E-state index < -0.39 is 0 Å². The van der Waals surface area contributed by atoms with E-state index in [0.717, 1.165) is 6.42 Å². The quantitative estimate of drug-likeness (QED) is 0.558. The molecule has 0 amide bonds. The number of halogens is 2. The Morgan fingerprint density at radius 3 is 2.26 bits per heavy atom. The maximum absolute atomic E-state index is 11.9. The minimum absolute atomic E-state index is 0.0580. The lowest BCUT2D eigenvalue weighted by molar-refractivity contribution is 0.502. The van der Waals surface area contributed by atoms with Crippen molar-refractivity contribution in [2.45, 2.75) is 64.8 Å². The van der Waals surface area contributed by atoms with Crippen LogP contribution in [0.4, 0.5) is 0 Å². The van der Waals surface area contributed by atoms with Crippen LogP contribution in [0.5, 0.6) is 0 Å². The van der Waals surface area contributed by atoms with Crippen LogP contribution in [0.25, 0.3) is 0 Å². The highest BCUT2D eigenvalue weighted by atomic mass is 79.9. The number of aryl methyl sites for hydroxylation is 1. The normalized spacial score (nSPS) is 10.9. The monoisotopic (exact) mass is 392 g/mol. The van der Waals surface area contributed by atoms with Crippen LogP contribution in [0.15, 0.2) is 19.9 Å². The molecule has 0 N–H and O–H groups in total. The second-order valence-corrected chi connectivity index (χ2v) is 6.46. The van der Waals surface area contributed by atoms with Gasteiger partial charge in [-0.25, -0.2) is 4.68 Å². The van der Waals surface area contributed by atoms with E-state index in [9.17, 15) is 4.79 Å². The van der Waals surface area contributed by atoms with Gasteiger partial charge in [-0.05, 0) is 38.3 Å².